The predicted octanol–water partition coefficient (Wildman–Crippen LogP) is 15.3. The Balaban J connectivity index is 1.16. The van der Waals surface area contributed by atoms with E-state index < -0.39 is 0 Å². The third kappa shape index (κ3) is 4.34. The van der Waals surface area contributed by atoms with Gasteiger partial charge in [-0.25, -0.2) is 0 Å². The molecule has 54 heavy (non-hydrogen) atoms. The molecule has 0 atom stereocenters. The molecular formula is C51H29NS2. The zero-order chi connectivity index (χ0) is 35.3. The normalized spacial score (nSPS) is 12.1. The van der Waals surface area contributed by atoms with Crippen molar-refractivity contribution in [1.29, 1.82) is 0 Å². The standard InChI is InChI=1S/C51H29NS2/c1-2-14-40-35(11-1)44-28-31(33-15-7-17-42-38-12-3-5-19-46(38)53-50(33)42)22-24-36(44)37-25-23-32(29-45(37)41-26-21-30-10-9-27-52-49(30)48(40)41)34-16-8-18-43-39-13-4-6-20-47(39)54-51(34)43/h1-29H. The van der Waals surface area contributed by atoms with Crippen molar-refractivity contribution in [2.75, 3.05) is 0 Å². The summed E-state index contributed by atoms with van der Waals surface area (Å²) in [5.74, 6) is 0. The highest BCUT2D eigenvalue weighted by Gasteiger charge is 2.25. The van der Waals surface area contributed by atoms with E-state index in [-0.39, 0.29) is 0 Å². The van der Waals surface area contributed by atoms with Crippen LogP contribution in [-0.4, -0.2) is 4.98 Å². The summed E-state index contributed by atoms with van der Waals surface area (Å²) < 4.78 is 5.31. The van der Waals surface area contributed by atoms with Crippen molar-refractivity contribution in [3.05, 3.63) is 176 Å². The molecular weight excluding hydrogens is 691 g/mol. The molecule has 0 aliphatic heterocycles. The lowest BCUT2D eigenvalue weighted by Crippen LogP contribution is -1.99. The van der Waals surface area contributed by atoms with Crippen LogP contribution >= 0.6 is 22.7 Å². The van der Waals surface area contributed by atoms with Gasteiger partial charge in [-0.2, -0.15) is 0 Å². The van der Waals surface area contributed by atoms with Crippen LogP contribution in [0.2, 0.25) is 0 Å². The SMILES string of the molecule is c1ccc2c(c1)-c1cc(-c3cccc4c3sc3ccccc34)ccc1-c1ccc(-c3cccc4c3sc3ccccc34)cc1-c1ccc3cccnc3c1-2. The van der Waals surface area contributed by atoms with Crippen molar-refractivity contribution in [1.82, 2.24) is 4.98 Å². The van der Waals surface area contributed by atoms with E-state index in [2.05, 4.69) is 164 Å². The van der Waals surface area contributed by atoms with Crippen molar-refractivity contribution in [2.45, 2.75) is 0 Å². The number of pyridine rings is 1. The lowest BCUT2D eigenvalue weighted by atomic mass is 9.78. The maximum atomic E-state index is 5.06. The van der Waals surface area contributed by atoms with Crippen molar-refractivity contribution in [3.63, 3.8) is 0 Å². The number of hydrogen-bond acceptors (Lipinski definition) is 3. The topological polar surface area (TPSA) is 12.9 Å². The zero-order valence-corrected chi connectivity index (χ0v) is 30.6. The van der Waals surface area contributed by atoms with Crippen LogP contribution in [-0.2, 0) is 0 Å². The fraction of sp³-hybridized carbons (Fsp3) is 0. The monoisotopic (exact) mass is 719 g/mol. The number of fused-ring (bicyclic) bond motifs is 16. The lowest BCUT2D eigenvalue weighted by Gasteiger charge is -2.25. The van der Waals surface area contributed by atoms with Gasteiger partial charge in [0.25, 0.3) is 0 Å². The average Bonchev–Trinajstić information content (AvgIpc) is 3.81. The van der Waals surface area contributed by atoms with Gasteiger partial charge in [0.1, 0.15) is 0 Å². The Hall–Kier alpha value is -6.39. The predicted molar refractivity (Wildman–Crippen MR) is 234 cm³/mol. The van der Waals surface area contributed by atoms with E-state index in [9.17, 15) is 0 Å². The summed E-state index contributed by atoms with van der Waals surface area (Å²) in [7, 11) is 0. The fourth-order valence-electron chi connectivity index (χ4n) is 8.87. The number of benzene rings is 8. The van der Waals surface area contributed by atoms with Gasteiger partial charge >= 0.3 is 0 Å². The Kier molecular flexibility index (Phi) is 6.44. The number of thiophene rings is 2. The van der Waals surface area contributed by atoms with Crippen LogP contribution in [0.1, 0.15) is 0 Å². The third-order valence-corrected chi connectivity index (χ3v) is 13.8. The molecule has 0 amide bonds. The van der Waals surface area contributed by atoms with Crippen molar-refractivity contribution in [2.24, 2.45) is 0 Å². The Bertz CT molecular complexity index is 3340. The van der Waals surface area contributed by atoms with Gasteiger partial charge in [-0.3, -0.25) is 4.98 Å². The first-order valence-corrected chi connectivity index (χ1v) is 20.0. The summed E-state index contributed by atoms with van der Waals surface area (Å²) >= 11 is 3.78. The maximum absolute atomic E-state index is 5.06. The molecule has 250 valence electrons. The molecule has 11 aromatic rings. The van der Waals surface area contributed by atoms with Gasteiger partial charge in [0.2, 0.25) is 0 Å². The quantitative estimate of drug-likeness (QED) is 0.173. The number of aromatic nitrogens is 1. The maximum Gasteiger partial charge on any atom is 0.0786 e. The van der Waals surface area contributed by atoms with Crippen LogP contribution in [0.25, 0.3) is 118 Å². The van der Waals surface area contributed by atoms with Gasteiger partial charge in [-0.05, 0) is 91.5 Å². The van der Waals surface area contributed by atoms with Gasteiger partial charge in [-0.1, -0.05) is 140 Å². The van der Waals surface area contributed by atoms with E-state index >= 15 is 0 Å². The molecule has 3 aromatic heterocycles. The Morgan fingerprint density at radius 3 is 1.48 bits per heavy atom. The second-order valence-corrected chi connectivity index (χ2v) is 16.3. The van der Waals surface area contributed by atoms with Crippen molar-refractivity contribution in [3.8, 4) is 66.8 Å². The van der Waals surface area contributed by atoms with Gasteiger partial charge in [0.15, 0.2) is 0 Å². The van der Waals surface area contributed by atoms with E-state index in [0.717, 1.165) is 10.9 Å². The Labute approximate surface area is 320 Å². The third-order valence-electron chi connectivity index (χ3n) is 11.3. The first kappa shape index (κ1) is 30.1. The minimum absolute atomic E-state index is 1.03. The zero-order valence-electron chi connectivity index (χ0n) is 29.0. The molecule has 8 aromatic carbocycles. The number of hydrogen-bond donors (Lipinski definition) is 0. The van der Waals surface area contributed by atoms with Crippen LogP contribution in [0.5, 0.6) is 0 Å². The molecule has 1 aliphatic carbocycles. The minimum atomic E-state index is 1.03. The van der Waals surface area contributed by atoms with Gasteiger partial charge in [-0.15, -0.1) is 22.7 Å². The minimum Gasteiger partial charge on any atom is -0.256 e. The van der Waals surface area contributed by atoms with Crippen LogP contribution < -0.4 is 0 Å². The highest BCUT2D eigenvalue weighted by molar-refractivity contribution is 7.26. The molecule has 0 spiro atoms. The van der Waals surface area contributed by atoms with E-state index in [4.69, 9.17) is 4.98 Å². The van der Waals surface area contributed by atoms with Crippen LogP contribution in [0.4, 0.5) is 0 Å². The van der Waals surface area contributed by atoms with Gasteiger partial charge < -0.3 is 0 Å². The first-order valence-electron chi connectivity index (χ1n) is 18.4. The highest BCUT2D eigenvalue weighted by Crippen LogP contribution is 2.52. The summed E-state index contributed by atoms with van der Waals surface area (Å²) in [6.45, 7) is 0. The molecule has 3 heteroatoms. The van der Waals surface area contributed by atoms with Crippen molar-refractivity contribution >= 4 is 73.9 Å². The Morgan fingerprint density at radius 2 is 0.833 bits per heavy atom. The van der Waals surface area contributed by atoms with Crippen molar-refractivity contribution < 1.29 is 0 Å². The van der Waals surface area contributed by atoms with Gasteiger partial charge in [0.05, 0.1) is 5.52 Å². The number of nitrogens with zero attached hydrogens (tertiary/aromatic N) is 1. The molecule has 3 heterocycles. The largest absolute Gasteiger partial charge is 0.256 e. The smallest absolute Gasteiger partial charge is 0.0786 e. The van der Waals surface area contributed by atoms with Crippen LogP contribution in [0.3, 0.4) is 0 Å². The van der Waals surface area contributed by atoms with E-state index in [1.54, 1.807) is 0 Å². The lowest BCUT2D eigenvalue weighted by molar-refractivity contribution is 1.41. The molecule has 0 saturated carbocycles. The van der Waals surface area contributed by atoms with E-state index in [1.165, 1.54) is 107 Å². The molecule has 0 unspecified atom stereocenters. The average molecular weight is 720 g/mol. The molecule has 0 bridgehead atoms. The van der Waals surface area contributed by atoms with Crippen LogP contribution in [0, 0.1) is 0 Å². The van der Waals surface area contributed by atoms with Gasteiger partial charge in [0, 0.05) is 57.5 Å². The second kappa shape index (κ2) is 11.6. The molecule has 1 nitrogen and oxygen atoms in total. The van der Waals surface area contributed by atoms with Crippen LogP contribution in [0.15, 0.2) is 176 Å². The fourth-order valence-corrected chi connectivity index (χ4v) is 11.3. The van der Waals surface area contributed by atoms with E-state index in [1.807, 2.05) is 34.9 Å². The second-order valence-electron chi connectivity index (χ2n) is 14.2. The molecule has 12 rings (SSSR count). The molecule has 0 radical (unpaired) electrons. The molecule has 0 saturated heterocycles. The summed E-state index contributed by atoms with van der Waals surface area (Å²) in [6.07, 6.45) is 1.93. The molecule has 0 fully saturated rings. The van der Waals surface area contributed by atoms with E-state index in [0.29, 0.717) is 0 Å². The Morgan fingerprint density at radius 1 is 0.333 bits per heavy atom. The molecule has 0 N–H and O–H groups in total. The summed E-state index contributed by atoms with van der Waals surface area (Å²) in [5.41, 5.74) is 15.8. The molecule has 1 aliphatic rings. The number of rotatable bonds is 2. The summed E-state index contributed by atoms with van der Waals surface area (Å²) in [4.78, 5) is 5.06. The first-order chi connectivity index (χ1) is 26.8. The summed E-state index contributed by atoms with van der Waals surface area (Å²) in [6, 6.07) is 63.1. The highest BCUT2D eigenvalue weighted by atomic mass is 32.1. The summed E-state index contributed by atoms with van der Waals surface area (Å²) in [5, 5.41) is 6.42.